The molecule has 2 rings (SSSR count). The molecular formula is C16H21Br2NO2. The van der Waals surface area contributed by atoms with Gasteiger partial charge in [0.1, 0.15) is 11.9 Å². The van der Waals surface area contributed by atoms with Gasteiger partial charge < -0.3 is 9.52 Å². The summed E-state index contributed by atoms with van der Waals surface area (Å²) in [6.45, 7) is 6.73. The summed E-state index contributed by atoms with van der Waals surface area (Å²) >= 11 is 6.62. The van der Waals surface area contributed by atoms with Crippen LogP contribution in [0.25, 0.3) is 0 Å². The van der Waals surface area contributed by atoms with Crippen molar-refractivity contribution >= 4 is 31.9 Å². The molecule has 1 fully saturated rings. The van der Waals surface area contributed by atoms with E-state index < -0.39 is 11.5 Å². The zero-order chi connectivity index (χ0) is 15.8. The van der Waals surface area contributed by atoms with E-state index in [-0.39, 0.29) is 5.41 Å². The lowest BCUT2D eigenvalue weighted by Crippen LogP contribution is -2.35. The van der Waals surface area contributed by atoms with Gasteiger partial charge in [-0.1, -0.05) is 20.8 Å². The average Bonchev–Trinajstić information content (AvgIpc) is 2.77. The summed E-state index contributed by atoms with van der Waals surface area (Å²) in [5.74, 6) is 1.05. The van der Waals surface area contributed by atoms with Crippen LogP contribution in [-0.4, -0.2) is 5.11 Å². The highest BCUT2D eigenvalue weighted by Gasteiger charge is 2.45. The Kier molecular flexibility index (Phi) is 4.92. The minimum Gasteiger partial charge on any atom is -0.450 e. The minimum absolute atomic E-state index is 0.253. The lowest BCUT2D eigenvalue weighted by molar-refractivity contribution is -0.00418. The Bertz CT molecular complexity index is 526. The molecule has 5 heteroatoms. The molecule has 1 aromatic heterocycles. The predicted molar refractivity (Wildman–Crippen MR) is 88.5 cm³/mol. The smallest absolute Gasteiger partial charge is 0.183 e. The third-order valence-corrected chi connectivity index (χ3v) is 6.49. The molecule has 0 aromatic carbocycles. The summed E-state index contributed by atoms with van der Waals surface area (Å²) in [6, 6.07) is 4.12. The first-order chi connectivity index (χ1) is 9.69. The number of hydrogen-bond acceptors (Lipinski definition) is 3. The molecule has 1 atom stereocenters. The molecule has 0 saturated heterocycles. The number of nitriles is 1. The first-order valence-electron chi connectivity index (χ1n) is 7.23. The summed E-state index contributed by atoms with van der Waals surface area (Å²) in [5, 5.41) is 20.3. The zero-order valence-electron chi connectivity index (χ0n) is 12.6. The largest absolute Gasteiger partial charge is 0.450 e. The van der Waals surface area contributed by atoms with Crippen LogP contribution in [0.2, 0.25) is 0 Å². The van der Waals surface area contributed by atoms with Crippen LogP contribution < -0.4 is 0 Å². The van der Waals surface area contributed by atoms with Gasteiger partial charge in [-0.2, -0.15) is 5.26 Å². The molecule has 0 spiro atoms. The first kappa shape index (κ1) is 17.1. The SMILES string of the molecule is CC(C)(C)C1CCC(C#N)(C(O)c2cc(Br)c(Br)o2)CC1. The van der Waals surface area contributed by atoms with Crippen molar-refractivity contribution in [2.75, 3.05) is 0 Å². The van der Waals surface area contributed by atoms with Crippen molar-refractivity contribution in [2.45, 2.75) is 52.6 Å². The third kappa shape index (κ3) is 3.38. The minimum atomic E-state index is -0.883. The molecular weight excluding hydrogens is 398 g/mol. The fraction of sp³-hybridized carbons (Fsp3) is 0.688. The standard InChI is InChI=1S/C16H21Br2NO2/c1-15(2,3)10-4-6-16(9-19,7-5-10)13(20)12-8-11(17)14(18)21-12/h8,10,13,20H,4-7H2,1-3H3. The van der Waals surface area contributed by atoms with Gasteiger partial charge in [-0.15, -0.1) is 0 Å². The number of furan rings is 1. The molecule has 1 unspecified atom stereocenters. The van der Waals surface area contributed by atoms with E-state index in [2.05, 4.69) is 58.7 Å². The van der Waals surface area contributed by atoms with Crippen LogP contribution in [0.1, 0.15) is 58.3 Å². The molecule has 0 aliphatic heterocycles. The summed E-state index contributed by atoms with van der Waals surface area (Å²) in [7, 11) is 0. The highest BCUT2D eigenvalue weighted by atomic mass is 79.9. The molecule has 1 aliphatic rings. The molecule has 1 heterocycles. The third-order valence-electron chi connectivity index (χ3n) is 4.78. The Morgan fingerprint density at radius 2 is 1.95 bits per heavy atom. The normalized spacial score (nSPS) is 28.1. The van der Waals surface area contributed by atoms with Crippen LogP contribution in [0.4, 0.5) is 0 Å². The van der Waals surface area contributed by atoms with E-state index in [9.17, 15) is 10.4 Å². The number of nitrogens with zero attached hydrogens (tertiary/aromatic N) is 1. The highest BCUT2D eigenvalue weighted by Crippen LogP contribution is 2.51. The Morgan fingerprint density at radius 1 is 1.38 bits per heavy atom. The van der Waals surface area contributed by atoms with Crippen molar-refractivity contribution < 1.29 is 9.52 Å². The van der Waals surface area contributed by atoms with Crippen LogP contribution in [0.5, 0.6) is 0 Å². The van der Waals surface area contributed by atoms with Gasteiger partial charge in [0.2, 0.25) is 0 Å². The Labute approximate surface area is 143 Å². The van der Waals surface area contributed by atoms with Crippen molar-refractivity contribution in [1.82, 2.24) is 0 Å². The molecule has 0 bridgehead atoms. The van der Waals surface area contributed by atoms with Gasteiger partial charge in [-0.25, -0.2) is 0 Å². The summed E-state index contributed by atoms with van der Waals surface area (Å²) < 4.78 is 6.83. The molecule has 1 aliphatic carbocycles. The molecule has 0 radical (unpaired) electrons. The van der Waals surface area contributed by atoms with Gasteiger partial charge in [0.25, 0.3) is 0 Å². The lowest BCUT2D eigenvalue weighted by atomic mass is 9.62. The van der Waals surface area contributed by atoms with Gasteiger partial charge in [-0.3, -0.25) is 0 Å². The van der Waals surface area contributed by atoms with Crippen molar-refractivity contribution in [1.29, 1.82) is 5.26 Å². The highest BCUT2D eigenvalue weighted by molar-refractivity contribution is 9.13. The van der Waals surface area contributed by atoms with Crippen LogP contribution >= 0.6 is 31.9 Å². The number of aliphatic hydroxyl groups is 1. The summed E-state index contributed by atoms with van der Waals surface area (Å²) in [5.41, 5.74) is -0.484. The molecule has 0 amide bonds. The first-order valence-corrected chi connectivity index (χ1v) is 8.82. The van der Waals surface area contributed by atoms with E-state index in [0.717, 1.165) is 17.3 Å². The van der Waals surface area contributed by atoms with E-state index >= 15 is 0 Å². The number of rotatable bonds is 2. The second kappa shape index (κ2) is 6.06. The Balaban J connectivity index is 2.19. The molecule has 1 N–H and O–H groups in total. The van der Waals surface area contributed by atoms with Gasteiger partial charge in [0, 0.05) is 0 Å². The Hall–Kier alpha value is -0.310. The van der Waals surface area contributed by atoms with E-state index in [1.54, 1.807) is 6.07 Å². The fourth-order valence-corrected chi connectivity index (χ4v) is 3.82. The average molecular weight is 419 g/mol. The predicted octanol–water partition coefficient (Wildman–Crippen LogP) is 5.58. The quantitative estimate of drug-likeness (QED) is 0.681. The molecule has 1 saturated carbocycles. The second-order valence-corrected chi connectivity index (χ2v) is 8.66. The maximum absolute atomic E-state index is 10.7. The van der Waals surface area contributed by atoms with E-state index in [0.29, 0.717) is 29.2 Å². The van der Waals surface area contributed by atoms with Gasteiger partial charge in [-0.05, 0) is 74.9 Å². The van der Waals surface area contributed by atoms with Crippen LogP contribution in [0.3, 0.4) is 0 Å². The topological polar surface area (TPSA) is 57.2 Å². The van der Waals surface area contributed by atoms with Crippen LogP contribution in [-0.2, 0) is 0 Å². The number of aliphatic hydroxyl groups excluding tert-OH is 1. The fourth-order valence-electron chi connectivity index (χ4n) is 3.22. The van der Waals surface area contributed by atoms with Gasteiger partial charge in [0.15, 0.2) is 4.67 Å². The molecule has 3 nitrogen and oxygen atoms in total. The number of hydrogen-bond donors (Lipinski definition) is 1. The van der Waals surface area contributed by atoms with Crippen molar-refractivity contribution in [3.63, 3.8) is 0 Å². The molecule has 1 aromatic rings. The number of halogens is 2. The maximum atomic E-state index is 10.7. The monoisotopic (exact) mass is 417 g/mol. The summed E-state index contributed by atoms with van der Waals surface area (Å²) in [4.78, 5) is 0. The van der Waals surface area contributed by atoms with Gasteiger partial charge in [0.05, 0.1) is 16.0 Å². The lowest BCUT2D eigenvalue weighted by Gasteiger charge is -2.42. The zero-order valence-corrected chi connectivity index (χ0v) is 15.8. The maximum Gasteiger partial charge on any atom is 0.183 e. The molecule has 21 heavy (non-hydrogen) atoms. The van der Waals surface area contributed by atoms with E-state index in [1.165, 1.54) is 0 Å². The Morgan fingerprint density at radius 3 is 2.33 bits per heavy atom. The van der Waals surface area contributed by atoms with E-state index in [4.69, 9.17) is 4.42 Å². The van der Waals surface area contributed by atoms with E-state index in [1.807, 2.05) is 0 Å². The second-order valence-electron chi connectivity index (χ2n) is 7.08. The summed E-state index contributed by atoms with van der Waals surface area (Å²) in [6.07, 6.45) is 2.48. The molecule has 116 valence electrons. The van der Waals surface area contributed by atoms with Crippen molar-refractivity contribution in [3.8, 4) is 6.07 Å². The van der Waals surface area contributed by atoms with Crippen molar-refractivity contribution in [3.05, 3.63) is 21.0 Å². The van der Waals surface area contributed by atoms with Crippen LogP contribution in [0.15, 0.2) is 19.6 Å². The van der Waals surface area contributed by atoms with Crippen LogP contribution in [0, 0.1) is 28.1 Å². The van der Waals surface area contributed by atoms with Crippen molar-refractivity contribution in [2.24, 2.45) is 16.7 Å². The van der Waals surface area contributed by atoms with Gasteiger partial charge >= 0.3 is 0 Å².